The van der Waals surface area contributed by atoms with Crippen LogP contribution >= 0.6 is 15.9 Å². The van der Waals surface area contributed by atoms with E-state index in [4.69, 9.17) is 4.74 Å². The lowest BCUT2D eigenvalue weighted by molar-refractivity contribution is 0.412. The molecule has 4 heteroatoms. The lowest BCUT2D eigenvalue weighted by Gasteiger charge is -2.20. The Morgan fingerprint density at radius 1 is 1.16 bits per heavy atom. The van der Waals surface area contributed by atoms with Crippen molar-refractivity contribution in [1.29, 1.82) is 0 Å². The zero-order chi connectivity index (χ0) is 14.0. The van der Waals surface area contributed by atoms with Crippen molar-refractivity contribution in [2.75, 3.05) is 12.5 Å². The molecule has 102 valence electrons. The van der Waals surface area contributed by atoms with Gasteiger partial charge in [0.15, 0.2) is 0 Å². The number of rotatable bonds is 4. The first-order valence-electron chi connectivity index (χ1n) is 6.28. The van der Waals surface area contributed by atoms with E-state index in [1.807, 2.05) is 6.07 Å². The van der Waals surface area contributed by atoms with Crippen molar-refractivity contribution in [3.05, 3.63) is 51.8 Å². The van der Waals surface area contributed by atoms with Crippen molar-refractivity contribution in [1.82, 2.24) is 4.68 Å². The third-order valence-electron chi connectivity index (χ3n) is 3.27. The van der Waals surface area contributed by atoms with Crippen LogP contribution in [-0.4, -0.2) is 11.8 Å². The molecule has 0 saturated heterocycles. The average Bonchev–Trinajstić information content (AvgIpc) is 2.70. The van der Waals surface area contributed by atoms with E-state index in [0.717, 1.165) is 10.2 Å². The van der Waals surface area contributed by atoms with Gasteiger partial charge in [0.25, 0.3) is 0 Å². The van der Waals surface area contributed by atoms with Crippen LogP contribution in [0.5, 0.6) is 5.75 Å². The normalized spacial score (nSPS) is 12.3. The average molecular weight is 323 g/mol. The maximum Gasteiger partial charge on any atom is 0.133 e. The third kappa shape index (κ3) is 2.95. The van der Waals surface area contributed by atoms with Gasteiger partial charge >= 0.3 is 0 Å². The Balaban J connectivity index is 2.20. The fourth-order valence-corrected chi connectivity index (χ4v) is 2.65. The van der Waals surface area contributed by atoms with Gasteiger partial charge in [0.1, 0.15) is 5.75 Å². The van der Waals surface area contributed by atoms with Crippen molar-refractivity contribution >= 4 is 15.9 Å². The summed E-state index contributed by atoms with van der Waals surface area (Å²) >= 11 is 3.52. The summed E-state index contributed by atoms with van der Waals surface area (Å²) in [5, 5.41) is 0. The van der Waals surface area contributed by atoms with Gasteiger partial charge in [0.2, 0.25) is 0 Å². The van der Waals surface area contributed by atoms with E-state index < -0.39 is 0 Å². The molecule has 0 saturated carbocycles. The van der Waals surface area contributed by atoms with Crippen LogP contribution in [0.25, 0.3) is 0 Å². The maximum atomic E-state index is 5.25. The van der Waals surface area contributed by atoms with Gasteiger partial charge in [0.05, 0.1) is 17.6 Å². The Morgan fingerprint density at radius 2 is 1.79 bits per heavy atom. The number of aromatic nitrogens is 1. The monoisotopic (exact) mass is 322 g/mol. The molecular formula is C15H19BrN2O. The molecule has 0 aliphatic rings. The van der Waals surface area contributed by atoms with Crippen LogP contribution in [0.2, 0.25) is 0 Å². The summed E-state index contributed by atoms with van der Waals surface area (Å²) in [5.41, 5.74) is 7.11. The fourth-order valence-electron chi connectivity index (χ4n) is 2.09. The highest BCUT2D eigenvalue weighted by Crippen LogP contribution is 2.28. The molecule has 19 heavy (non-hydrogen) atoms. The van der Waals surface area contributed by atoms with E-state index in [1.165, 1.54) is 17.0 Å². The van der Waals surface area contributed by atoms with Gasteiger partial charge in [-0.3, -0.25) is 4.68 Å². The van der Waals surface area contributed by atoms with Gasteiger partial charge in [-0.1, -0.05) is 6.07 Å². The second-order valence-corrected chi connectivity index (χ2v) is 5.55. The van der Waals surface area contributed by atoms with Gasteiger partial charge in [0, 0.05) is 11.4 Å². The van der Waals surface area contributed by atoms with E-state index in [0.29, 0.717) is 0 Å². The van der Waals surface area contributed by atoms with Crippen molar-refractivity contribution < 1.29 is 4.74 Å². The highest BCUT2D eigenvalue weighted by Gasteiger charge is 2.10. The Morgan fingerprint density at radius 3 is 2.32 bits per heavy atom. The van der Waals surface area contributed by atoms with Crippen molar-refractivity contribution in [3.63, 3.8) is 0 Å². The van der Waals surface area contributed by atoms with Crippen LogP contribution in [0, 0.1) is 13.8 Å². The number of halogens is 1. The molecule has 0 spiro atoms. The Hall–Kier alpha value is -1.42. The third-order valence-corrected chi connectivity index (χ3v) is 3.89. The molecule has 2 rings (SSSR count). The zero-order valence-electron chi connectivity index (χ0n) is 11.7. The first-order chi connectivity index (χ1) is 9.02. The summed E-state index contributed by atoms with van der Waals surface area (Å²) in [5.74, 6) is 0.851. The van der Waals surface area contributed by atoms with Crippen LogP contribution in [-0.2, 0) is 0 Å². The maximum absolute atomic E-state index is 5.25. The van der Waals surface area contributed by atoms with Gasteiger partial charge < -0.3 is 10.2 Å². The number of benzene rings is 1. The molecular weight excluding hydrogens is 304 g/mol. The topological polar surface area (TPSA) is 26.2 Å². The van der Waals surface area contributed by atoms with E-state index in [1.54, 1.807) is 7.11 Å². The molecule has 1 atom stereocenters. The summed E-state index contributed by atoms with van der Waals surface area (Å²) < 4.78 is 8.34. The molecule has 0 bridgehead atoms. The Kier molecular flexibility index (Phi) is 4.20. The molecule has 1 N–H and O–H groups in total. The second kappa shape index (κ2) is 5.70. The van der Waals surface area contributed by atoms with E-state index in [-0.39, 0.29) is 6.04 Å². The summed E-state index contributed by atoms with van der Waals surface area (Å²) in [6.07, 6.45) is 0. The second-order valence-electron chi connectivity index (χ2n) is 4.70. The van der Waals surface area contributed by atoms with Crippen LogP contribution < -0.4 is 10.2 Å². The van der Waals surface area contributed by atoms with E-state index in [2.05, 4.69) is 71.1 Å². The number of nitrogens with zero attached hydrogens (tertiary/aromatic N) is 1. The molecule has 1 heterocycles. The first kappa shape index (κ1) is 14.0. The van der Waals surface area contributed by atoms with Crippen molar-refractivity contribution in [3.8, 4) is 5.75 Å². The van der Waals surface area contributed by atoms with E-state index >= 15 is 0 Å². The number of hydrogen-bond donors (Lipinski definition) is 1. The quantitative estimate of drug-likeness (QED) is 0.913. The van der Waals surface area contributed by atoms with Crippen LogP contribution in [0.4, 0.5) is 0 Å². The standard InChI is InChI=1S/C15H19BrN2O/c1-10-5-6-11(2)18(10)17-12(3)13-7-8-15(19-4)14(16)9-13/h5-9,12,17H,1-4H3. The molecule has 0 fully saturated rings. The number of aryl methyl sites for hydroxylation is 2. The van der Waals surface area contributed by atoms with Crippen LogP contribution in [0.3, 0.4) is 0 Å². The molecule has 2 aromatic rings. The summed E-state index contributed by atoms with van der Waals surface area (Å²) in [7, 11) is 1.67. The Bertz CT molecular complexity index is 558. The molecule has 0 radical (unpaired) electrons. The molecule has 3 nitrogen and oxygen atoms in total. The lowest BCUT2D eigenvalue weighted by Crippen LogP contribution is -2.20. The van der Waals surface area contributed by atoms with Gasteiger partial charge in [-0.05, 0) is 66.5 Å². The fraction of sp³-hybridized carbons (Fsp3) is 0.333. The SMILES string of the molecule is COc1ccc(C(C)Nn2c(C)ccc2C)cc1Br. The van der Waals surface area contributed by atoms with E-state index in [9.17, 15) is 0 Å². The number of ether oxygens (including phenoxy) is 1. The highest BCUT2D eigenvalue weighted by molar-refractivity contribution is 9.10. The minimum Gasteiger partial charge on any atom is -0.496 e. The summed E-state index contributed by atoms with van der Waals surface area (Å²) in [6.45, 7) is 6.33. The Labute approximate surface area is 122 Å². The molecule has 0 aliphatic carbocycles. The number of methoxy groups -OCH3 is 1. The number of hydrogen-bond acceptors (Lipinski definition) is 2. The summed E-state index contributed by atoms with van der Waals surface area (Å²) in [6, 6.07) is 10.6. The predicted octanol–water partition coefficient (Wildman–Crippen LogP) is 4.18. The smallest absolute Gasteiger partial charge is 0.133 e. The molecule has 1 unspecified atom stereocenters. The largest absolute Gasteiger partial charge is 0.496 e. The zero-order valence-corrected chi connectivity index (χ0v) is 13.3. The minimum absolute atomic E-state index is 0.215. The summed E-state index contributed by atoms with van der Waals surface area (Å²) in [4.78, 5) is 0. The molecule has 1 aromatic heterocycles. The molecule has 1 aromatic carbocycles. The lowest BCUT2D eigenvalue weighted by atomic mass is 10.1. The molecule has 0 aliphatic heterocycles. The van der Waals surface area contributed by atoms with Gasteiger partial charge in [-0.15, -0.1) is 0 Å². The minimum atomic E-state index is 0.215. The molecule has 0 amide bonds. The number of nitrogens with one attached hydrogen (secondary N) is 1. The predicted molar refractivity (Wildman–Crippen MR) is 82.4 cm³/mol. The van der Waals surface area contributed by atoms with Gasteiger partial charge in [-0.2, -0.15) is 0 Å². The van der Waals surface area contributed by atoms with Crippen LogP contribution in [0.1, 0.15) is 29.9 Å². The van der Waals surface area contributed by atoms with Crippen LogP contribution in [0.15, 0.2) is 34.8 Å². The first-order valence-corrected chi connectivity index (χ1v) is 7.07. The van der Waals surface area contributed by atoms with Gasteiger partial charge in [-0.25, -0.2) is 0 Å². The van der Waals surface area contributed by atoms with Crippen molar-refractivity contribution in [2.24, 2.45) is 0 Å². The van der Waals surface area contributed by atoms with Crippen molar-refractivity contribution in [2.45, 2.75) is 26.8 Å². The highest BCUT2D eigenvalue weighted by atomic mass is 79.9.